The van der Waals surface area contributed by atoms with E-state index in [1.807, 2.05) is 30.3 Å². The quantitative estimate of drug-likeness (QED) is 0.691. The molecule has 1 aliphatic heterocycles. The number of carbonyl (C=O) groups is 1. The standard InChI is InChI=1S/C21H26FN3O3S/c1-17(18-6-3-2-4-7-18)15-23-21(26)16-24-10-12-25(13-11-24)29(27,28)20-9-5-8-19(22)14-20/h2-9,14,17H,10-13,15-16H2,1H3,(H,23,26)/p+1/t17-/m1/s1. The van der Waals surface area contributed by atoms with E-state index in [0.29, 0.717) is 39.3 Å². The summed E-state index contributed by atoms with van der Waals surface area (Å²) in [5.41, 5.74) is 1.18. The van der Waals surface area contributed by atoms with Crippen molar-refractivity contribution in [3.63, 3.8) is 0 Å². The Balaban J connectivity index is 1.46. The van der Waals surface area contributed by atoms with E-state index in [0.717, 1.165) is 11.0 Å². The summed E-state index contributed by atoms with van der Waals surface area (Å²) in [5, 5.41) is 2.97. The molecule has 1 heterocycles. The van der Waals surface area contributed by atoms with Gasteiger partial charge < -0.3 is 10.2 Å². The van der Waals surface area contributed by atoms with Gasteiger partial charge in [0.2, 0.25) is 10.0 Å². The second kappa shape index (κ2) is 9.47. The highest BCUT2D eigenvalue weighted by Crippen LogP contribution is 2.16. The molecule has 1 fully saturated rings. The minimum Gasteiger partial charge on any atom is -0.351 e. The van der Waals surface area contributed by atoms with Crippen LogP contribution in [-0.4, -0.2) is 57.9 Å². The zero-order valence-corrected chi connectivity index (χ0v) is 17.3. The smallest absolute Gasteiger partial charge is 0.275 e. The molecular formula is C21H27FN3O3S+. The minimum absolute atomic E-state index is 0.0337. The summed E-state index contributed by atoms with van der Waals surface area (Å²) in [6.45, 7) is 4.64. The van der Waals surface area contributed by atoms with Crippen molar-refractivity contribution in [3.8, 4) is 0 Å². The summed E-state index contributed by atoms with van der Waals surface area (Å²) in [6, 6.07) is 15.1. The zero-order chi connectivity index (χ0) is 20.9. The molecule has 1 aliphatic rings. The van der Waals surface area contributed by atoms with E-state index < -0.39 is 15.8 Å². The van der Waals surface area contributed by atoms with Crippen molar-refractivity contribution >= 4 is 15.9 Å². The first-order valence-electron chi connectivity index (χ1n) is 9.77. The molecule has 0 unspecified atom stereocenters. The minimum atomic E-state index is -3.71. The van der Waals surface area contributed by atoms with Gasteiger partial charge in [-0.1, -0.05) is 43.3 Å². The molecule has 0 radical (unpaired) electrons. The molecule has 0 bridgehead atoms. The number of quaternary nitrogens is 1. The molecule has 2 N–H and O–H groups in total. The van der Waals surface area contributed by atoms with Crippen LogP contribution >= 0.6 is 0 Å². The number of nitrogens with one attached hydrogen (secondary N) is 2. The van der Waals surface area contributed by atoms with Crippen LogP contribution in [0.25, 0.3) is 0 Å². The van der Waals surface area contributed by atoms with Crippen LogP contribution in [-0.2, 0) is 14.8 Å². The molecule has 2 aromatic carbocycles. The van der Waals surface area contributed by atoms with Crippen LogP contribution in [0.15, 0.2) is 59.5 Å². The fourth-order valence-corrected chi connectivity index (χ4v) is 4.93. The van der Waals surface area contributed by atoms with Crippen molar-refractivity contribution < 1.29 is 22.5 Å². The van der Waals surface area contributed by atoms with Gasteiger partial charge in [0.05, 0.1) is 31.1 Å². The largest absolute Gasteiger partial charge is 0.351 e. The molecule has 29 heavy (non-hydrogen) atoms. The predicted octanol–water partition coefficient (Wildman–Crippen LogP) is 0.635. The van der Waals surface area contributed by atoms with Gasteiger partial charge in [-0.2, -0.15) is 4.31 Å². The predicted molar refractivity (Wildman–Crippen MR) is 109 cm³/mol. The number of carbonyl (C=O) groups excluding carboxylic acids is 1. The summed E-state index contributed by atoms with van der Waals surface area (Å²) >= 11 is 0. The van der Waals surface area contributed by atoms with Gasteiger partial charge in [-0.05, 0) is 29.7 Å². The van der Waals surface area contributed by atoms with Crippen LogP contribution in [0.4, 0.5) is 4.39 Å². The first-order chi connectivity index (χ1) is 13.9. The zero-order valence-electron chi connectivity index (χ0n) is 16.5. The first-order valence-corrected chi connectivity index (χ1v) is 11.2. The fourth-order valence-electron chi connectivity index (χ4n) is 3.45. The number of hydrogen-bond donors (Lipinski definition) is 2. The Labute approximate surface area is 171 Å². The highest BCUT2D eigenvalue weighted by molar-refractivity contribution is 7.89. The van der Waals surface area contributed by atoms with E-state index in [9.17, 15) is 17.6 Å². The fraction of sp³-hybridized carbons (Fsp3) is 0.381. The van der Waals surface area contributed by atoms with Crippen molar-refractivity contribution in [2.45, 2.75) is 17.7 Å². The maximum absolute atomic E-state index is 13.4. The lowest BCUT2D eigenvalue weighted by molar-refractivity contribution is -0.895. The summed E-state index contributed by atoms with van der Waals surface area (Å²) in [6.07, 6.45) is 0. The maximum atomic E-state index is 13.4. The third-order valence-corrected chi connectivity index (χ3v) is 7.14. The van der Waals surface area contributed by atoms with E-state index in [2.05, 4.69) is 12.2 Å². The molecule has 2 aromatic rings. The van der Waals surface area contributed by atoms with Crippen LogP contribution in [0, 0.1) is 5.82 Å². The topological polar surface area (TPSA) is 70.9 Å². The number of amides is 1. The van der Waals surface area contributed by atoms with Crippen LogP contribution < -0.4 is 10.2 Å². The lowest BCUT2D eigenvalue weighted by Crippen LogP contribution is -3.15. The Kier molecular flexibility index (Phi) is 7.00. The van der Waals surface area contributed by atoms with E-state index in [-0.39, 0.29) is 16.7 Å². The number of rotatable bonds is 7. The molecule has 3 rings (SSSR count). The molecule has 0 aliphatic carbocycles. The van der Waals surface area contributed by atoms with Gasteiger partial charge in [0.25, 0.3) is 5.91 Å². The Hall–Kier alpha value is -2.29. The second-order valence-electron chi connectivity index (χ2n) is 7.40. The monoisotopic (exact) mass is 420 g/mol. The summed E-state index contributed by atoms with van der Waals surface area (Å²) in [4.78, 5) is 13.3. The summed E-state index contributed by atoms with van der Waals surface area (Å²) in [7, 11) is -3.71. The van der Waals surface area contributed by atoms with Gasteiger partial charge in [-0.25, -0.2) is 12.8 Å². The summed E-state index contributed by atoms with van der Waals surface area (Å²) in [5.74, 6) is -0.385. The van der Waals surface area contributed by atoms with Crippen LogP contribution in [0.3, 0.4) is 0 Å². The molecule has 156 valence electrons. The molecule has 1 amide bonds. The summed E-state index contributed by atoms with van der Waals surface area (Å²) < 4.78 is 40.0. The third-order valence-electron chi connectivity index (χ3n) is 5.25. The third kappa shape index (κ3) is 5.62. The Bertz CT molecular complexity index is 929. The van der Waals surface area contributed by atoms with E-state index in [1.165, 1.54) is 28.1 Å². The van der Waals surface area contributed by atoms with Gasteiger partial charge in [0, 0.05) is 6.54 Å². The van der Waals surface area contributed by atoms with E-state index >= 15 is 0 Å². The molecule has 0 aromatic heterocycles. The molecule has 0 saturated carbocycles. The van der Waals surface area contributed by atoms with Crippen LogP contribution in [0.1, 0.15) is 18.4 Å². The van der Waals surface area contributed by atoms with Crippen LogP contribution in [0.5, 0.6) is 0 Å². The average Bonchev–Trinajstić information content (AvgIpc) is 2.73. The normalized spacial score (nSPS) is 17.0. The van der Waals surface area contributed by atoms with Gasteiger partial charge in [0.1, 0.15) is 5.82 Å². The second-order valence-corrected chi connectivity index (χ2v) is 9.34. The van der Waals surface area contributed by atoms with E-state index in [1.54, 1.807) is 0 Å². The number of benzene rings is 2. The lowest BCUT2D eigenvalue weighted by atomic mass is 10.0. The Morgan fingerprint density at radius 2 is 1.83 bits per heavy atom. The van der Waals surface area contributed by atoms with Crippen molar-refractivity contribution in [1.29, 1.82) is 0 Å². The first kappa shape index (κ1) is 21.4. The molecule has 6 nitrogen and oxygen atoms in total. The Morgan fingerprint density at radius 1 is 1.14 bits per heavy atom. The van der Waals surface area contributed by atoms with Crippen molar-refractivity contribution in [2.24, 2.45) is 0 Å². The highest BCUT2D eigenvalue weighted by Gasteiger charge is 2.31. The number of halogens is 1. The molecule has 1 atom stereocenters. The average molecular weight is 421 g/mol. The highest BCUT2D eigenvalue weighted by atomic mass is 32.2. The number of nitrogens with zero attached hydrogens (tertiary/aromatic N) is 1. The van der Waals surface area contributed by atoms with Crippen molar-refractivity contribution in [3.05, 3.63) is 66.0 Å². The number of hydrogen-bond acceptors (Lipinski definition) is 3. The lowest BCUT2D eigenvalue weighted by Gasteiger charge is -2.31. The Morgan fingerprint density at radius 3 is 2.48 bits per heavy atom. The molecule has 1 saturated heterocycles. The maximum Gasteiger partial charge on any atom is 0.275 e. The van der Waals surface area contributed by atoms with Gasteiger partial charge in [0.15, 0.2) is 6.54 Å². The van der Waals surface area contributed by atoms with Crippen LogP contribution in [0.2, 0.25) is 0 Å². The molecule has 0 spiro atoms. The molecular weight excluding hydrogens is 393 g/mol. The number of piperazine rings is 1. The number of sulfonamides is 1. The van der Waals surface area contributed by atoms with Crippen molar-refractivity contribution in [1.82, 2.24) is 9.62 Å². The van der Waals surface area contributed by atoms with E-state index in [4.69, 9.17) is 0 Å². The molecule has 8 heteroatoms. The van der Waals surface area contributed by atoms with Crippen molar-refractivity contribution in [2.75, 3.05) is 39.3 Å². The SMILES string of the molecule is C[C@H](CNC(=O)C[NH+]1CCN(S(=O)(=O)c2cccc(F)c2)CC1)c1ccccc1. The van der Waals surface area contributed by atoms with Gasteiger partial charge in [-0.3, -0.25) is 4.79 Å². The van der Waals surface area contributed by atoms with Gasteiger partial charge in [-0.15, -0.1) is 0 Å². The van der Waals surface area contributed by atoms with Gasteiger partial charge >= 0.3 is 0 Å².